The van der Waals surface area contributed by atoms with E-state index in [2.05, 4.69) is 10.0 Å². The third-order valence-electron chi connectivity index (χ3n) is 5.11. The number of rotatable bonds is 8. The minimum absolute atomic E-state index is 0.0330. The molecule has 0 atom stereocenters. The van der Waals surface area contributed by atoms with Crippen molar-refractivity contribution in [3.05, 3.63) is 57.6 Å². The van der Waals surface area contributed by atoms with Crippen LogP contribution < -0.4 is 14.8 Å². The molecule has 2 N–H and O–H groups in total. The van der Waals surface area contributed by atoms with E-state index in [4.69, 9.17) is 27.9 Å². The maximum atomic E-state index is 12.8. The minimum atomic E-state index is -3.92. The molecule has 0 unspecified atom stereocenters. The number of sulfonamides is 1. The maximum absolute atomic E-state index is 12.8. The van der Waals surface area contributed by atoms with E-state index in [1.165, 1.54) is 12.1 Å². The van der Waals surface area contributed by atoms with Crippen molar-refractivity contribution in [3.63, 3.8) is 0 Å². The molecule has 1 saturated carbocycles. The highest BCUT2D eigenvalue weighted by atomic mass is 35.5. The van der Waals surface area contributed by atoms with Crippen molar-refractivity contribution in [2.45, 2.75) is 43.0 Å². The summed E-state index contributed by atoms with van der Waals surface area (Å²) in [6.07, 6.45) is 4.45. The van der Waals surface area contributed by atoms with Gasteiger partial charge in [-0.25, -0.2) is 13.1 Å². The average molecular weight is 471 g/mol. The molecular weight excluding hydrogens is 447 g/mol. The zero-order chi connectivity index (χ0) is 21.7. The normalized spacial score (nSPS) is 14.6. The van der Waals surface area contributed by atoms with Crippen LogP contribution >= 0.6 is 23.2 Å². The van der Waals surface area contributed by atoms with E-state index in [9.17, 15) is 13.2 Å². The van der Waals surface area contributed by atoms with Gasteiger partial charge in [-0.1, -0.05) is 48.2 Å². The molecular formula is C21H24Cl2N2O4S. The average Bonchev–Trinajstić information content (AvgIpc) is 3.21. The second-order valence-corrected chi connectivity index (χ2v) is 9.76. The van der Waals surface area contributed by atoms with Gasteiger partial charge in [-0.3, -0.25) is 4.79 Å². The van der Waals surface area contributed by atoms with Crippen LogP contribution in [0.4, 0.5) is 0 Å². The van der Waals surface area contributed by atoms with Crippen LogP contribution in [-0.2, 0) is 16.4 Å². The first-order valence-electron chi connectivity index (χ1n) is 9.72. The van der Waals surface area contributed by atoms with Gasteiger partial charge in [0.2, 0.25) is 10.0 Å². The quantitative estimate of drug-likeness (QED) is 0.605. The molecule has 0 bridgehead atoms. The molecule has 2 aromatic carbocycles. The topological polar surface area (TPSA) is 84.5 Å². The van der Waals surface area contributed by atoms with Crippen molar-refractivity contribution in [1.29, 1.82) is 0 Å². The number of carbonyl (C=O) groups excluding carboxylic acids is 1. The van der Waals surface area contributed by atoms with Crippen molar-refractivity contribution in [3.8, 4) is 5.75 Å². The highest BCUT2D eigenvalue weighted by Crippen LogP contribution is 2.29. The third kappa shape index (κ3) is 5.66. The van der Waals surface area contributed by atoms with E-state index in [0.717, 1.165) is 37.0 Å². The van der Waals surface area contributed by atoms with Crippen LogP contribution in [0.25, 0.3) is 0 Å². The van der Waals surface area contributed by atoms with Gasteiger partial charge in [0.15, 0.2) is 0 Å². The molecule has 1 amide bonds. The SMILES string of the molecule is COc1ccc(CCNS(=O)(=O)c2cc(C(=O)NC3CCCC3)c(Cl)cc2Cl)cc1. The van der Waals surface area contributed by atoms with E-state index < -0.39 is 15.9 Å². The molecule has 0 spiro atoms. The molecule has 3 rings (SSSR count). The number of ether oxygens (including phenoxy) is 1. The molecule has 1 aliphatic rings. The lowest BCUT2D eigenvalue weighted by atomic mass is 10.1. The molecule has 162 valence electrons. The predicted octanol–water partition coefficient (Wildman–Crippen LogP) is 4.20. The molecule has 30 heavy (non-hydrogen) atoms. The largest absolute Gasteiger partial charge is 0.497 e. The zero-order valence-electron chi connectivity index (χ0n) is 16.6. The van der Waals surface area contributed by atoms with E-state index in [0.29, 0.717) is 6.42 Å². The van der Waals surface area contributed by atoms with Gasteiger partial charge in [0.1, 0.15) is 10.6 Å². The second kappa shape index (κ2) is 10.0. The Bertz CT molecular complexity index is 1000. The molecule has 1 aliphatic carbocycles. The van der Waals surface area contributed by atoms with Gasteiger partial charge in [0, 0.05) is 12.6 Å². The summed E-state index contributed by atoms with van der Waals surface area (Å²) in [5, 5.41) is 3.00. The number of benzene rings is 2. The minimum Gasteiger partial charge on any atom is -0.497 e. The van der Waals surface area contributed by atoms with Crippen LogP contribution in [0.15, 0.2) is 41.3 Å². The summed E-state index contributed by atoms with van der Waals surface area (Å²) in [5.74, 6) is 0.342. The Morgan fingerprint density at radius 3 is 2.40 bits per heavy atom. The summed E-state index contributed by atoms with van der Waals surface area (Å²) < 4.78 is 33.2. The molecule has 1 fully saturated rings. The van der Waals surface area contributed by atoms with E-state index in [1.807, 2.05) is 24.3 Å². The number of halogens is 2. The lowest BCUT2D eigenvalue weighted by Gasteiger charge is -2.15. The Morgan fingerprint density at radius 1 is 1.10 bits per heavy atom. The van der Waals surface area contributed by atoms with Gasteiger partial charge in [-0.05, 0) is 49.1 Å². The van der Waals surface area contributed by atoms with E-state index in [-0.39, 0.29) is 33.1 Å². The van der Waals surface area contributed by atoms with Crippen molar-refractivity contribution in [2.24, 2.45) is 0 Å². The van der Waals surface area contributed by atoms with Crippen LogP contribution in [0.5, 0.6) is 5.75 Å². The molecule has 0 aromatic heterocycles. The Labute approximate surface area is 187 Å². The van der Waals surface area contributed by atoms with Gasteiger partial charge in [-0.2, -0.15) is 0 Å². The first kappa shape index (κ1) is 22.9. The van der Waals surface area contributed by atoms with Crippen LogP contribution in [-0.4, -0.2) is 34.0 Å². The second-order valence-electron chi connectivity index (χ2n) is 7.21. The van der Waals surface area contributed by atoms with Crippen molar-refractivity contribution in [1.82, 2.24) is 10.0 Å². The number of amides is 1. The molecule has 0 heterocycles. The maximum Gasteiger partial charge on any atom is 0.253 e. The van der Waals surface area contributed by atoms with Crippen molar-refractivity contribution in [2.75, 3.05) is 13.7 Å². The fraction of sp³-hybridized carbons (Fsp3) is 0.381. The fourth-order valence-electron chi connectivity index (χ4n) is 3.44. The van der Waals surface area contributed by atoms with E-state index in [1.54, 1.807) is 7.11 Å². The standard InChI is InChI=1S/C21H24Cl2N2O4S/c1-29-16-8-6-14(7-9-16)10-11-24-30(27,28)20-12-17(18(22)13-19(20)23)21(26)25-15-4-2-3-5-15/h6-9,12-13,15,24H,2-5,10-11H2,1H3,(H,25,26). The summed E-state index contributed by atoms with van der Waals surface area (Å²) in [6, 6.07) is 9.99. The van der Waals surface area contributed by atoms with Crippen LogP contribution in [0.1, 0.15) is 41.6 Å². The third-order valence-corrected chi connectivity index (χ3v) is 7.35. The first-order valence-corrected chi connectivity index (χ1v) is 12.0. The number of methoxy groups -OCH3 is 1. The lowest BCUT2D eigenvalue weighted by molar-refractivity contribution is 0.0938. The van der Waals surface area contributed by atoms with Gasteiger partial charge >= 0.3 is 0 Å². The predicted molar refractivity (Wildman–Crippen MR) is 118 cm³/mol. The summed E-state index contributed by atoms with van der Waals surface area (Å²) >= 11 is 12.3. The summed E-state index contributed by atoms with van der Waals surface area (Å²) in [6.45, 7) is 0.178. The lowest BCUT2D eigenvalue weighted by Crippen LogP contribution is -2.33. The van der Waals surface area contributed by atoms with Crippen molar-refractivity contribution < 1.29 is 17.9 Å². The molecule has 0 aliphatic heterocycles. The molecule has 2 aromatic rings. The molecule has 0 saturated heterocycles. The Balaban J connectivity index is 1.71. The zero-order valence-corrected chi connectivity index (χ0v) is 18.9. The summed E-state index contributed by atoms with van der Waals surface area (Å²) in [4.78, 5) is 12.4. The van der Waals surface area contributed by atoms with Crippen LogP contribution in [0, 0.1) is 0 Å². The van der Waals surface area contributed by atoms with Crippen LogP contribution in [0.3, 0.4) is 0 Å². The Morgan fingerprint density at radius 2 is 1.77 bits per heavy atom. The van der Waals surface area contributed by atoms with Crippen molar-refractivity contribution >= 4 is 39.1 Å². The monoisotopic (exact) mass is 470 g/mol. The van der Waals surface area contributed by atoms with Crippen LogP contribution in [0.2, 0.25) is 10.0 Å². The highest BCUT2D eigenvalue weighted by molar-refractivity contribution is 7.89. The summed E-state index contributed by atoms with van der Waals surface area (Å²) in [7, 11) is -2.33. The molecule has 0 radical (unpaired) electrons. The molecule has 6 nitrogen and oxygen atoms in total. The highest BCUT2D eigenvalue weighted by Gasteiger charge is 2.24. The Hall–Kier alpha value is -1.80. The number of nitrogens with one attached hydrogen (secondary N) is 2. The number of carbonyl (C=O) groups is 1. The van der Waals surface area contributed by atoms with Gasteiger partial charge in [-0.15, -0.1) is 0 Å². The van der Waals surface area contributed by atoms with Gasteiger partial charge in [0.05, 0.1) is 22.7 Å². The van der Waals surface area contributed by atoms with E-state index >= 15 is 0 Å². The molecule has 9 heteroatoms. The fourth-order valence-corrected chi connectivity index (χ4v) is 5.33. The number of hydrogen-bond donors (Lipinski definition) is 2. The Kier molecular flexibility index (Phi) is 7.63. The smallest absolute Gasteiger partial charge is 0.253 e. The van der Waals surface area contributed by atoms with Gasteiger partial charge < -0.3 is 10.1 Å². The number of hydrogen-bond acceptors (Lipinski definition) is 4. The van der Waals surface area contributed by atoms with Gasteiger partial charge in [0.25, 0.3) is 5.91 Å². The summed E-state index contributed by atoms with van der Waals surface area (Å²) in [5.41, 5.74) is 1.06. The first-order chi connectivity index (χ1) is 14.3.